The molecule has 0 spiro atoms. The summed E-state index contributed by atoms with van der Waals surface area (Å²) in [6.07, 6.45) is 5.50. The summed E-state index contributed by atoms with van der Waals surface area (Å²) in [6.45, 7) is 3.21. The molecule has 0 amide bonds. The third-order valence-electron chi connectivity index (χ3n) is 5.93. The fourth-order valence-electron chi connectivity index (χ4n) is 4.67. The van der Waals surface area contributed by atoms with E-state index in [1.165, 1.54) is 34.8 Å². The number of allylic oxidation sites excluding steroid dienone is 1. The Bertz CT molecular complexity index is 824. The first-order valence-electron chi connectivity index (χ1n) is 9.87. The van der Waals surface area contributed by atoms with E-state index in [9.17, 15) is 4.79 Å². The van der Waals surface area contributed by atoms with Crippen molar-refractivity contribution in [1.29, 1.82) is 0 Å². The van der Waals surface area contributed by atoms with Crippen LogP contribution >= 0.6 is 0 Å². The molecule has 2 aromatic carbocycles. The monoisotopic (exact) mass is 349 g/mol. The standard InChI is InChI=1S/C23H27NO2/c1-2-26-23(25)21-18-10-12-19(13-11-18)22(21)24-15-14-17-8-5-7-16-6-3-4-9-20(16)17/h3-9,19,22,24H,2,10-15H2,1H3/t22-/m0/s1. The number of carbonyl (C=O) groups excluding carboxylic acids is 1. The first-order valence-corrected chi connectivity index (χ1v) is 9.87. The summed E-state index contributed by atoms with van der Waals surface area (Å²) in [5.41, 5.74) is 3.63. The van der Waals surface area contributed by atoms with Gasteiger partial charge in [-0.05, 0) is 67.8 Å². The van der Waals surface area contributed by atoms with Gasteiger partial charge in [-0.25, -0.2) is 4.79 Å². The molecule has 136 valence electrons. The molecule has 0 saturated heterocycles. The number of rotatable bonds is 6. The highest BCUT2D eigenvalue weighted by atomic mass is 16.5. The van der Waals surface area contributed by atoms with E-state index in [4.69, 9.17) is 4.74 Å². The quantitative estimate of drug-likeness (QED) is 0.786. The smallest absolute Gasteiger partial charge is 0.335 e. The minimum absolute atomic E-state index is 0.102. The van der Waals surface area contributed by atoms with Crippen LogP contribution in [0.4, 0.5) is 0 Å². The van der Waals surface area contributed by atoms with Gasteiger partial charge < -0.3 is 10.1 Å². The Morgan fingerprint density at radius 2 is 1.88 bits per heavy atom. The molecule has 2 bridgehead atoms. The van der Waals surface area contributed by atoms with E-state index in [2.05, 4.69) is 47.8 Å². The van der Waals surface area contributed by atoms with E-state index >= 15 is 0 Å². The molecule has 0 unspecified atom stereocenters. The highest BCUT2D eigenvalue weighted by Crippen LogP contribution is 2.41. The topological polar surface area (TPSA) is 38.3 Å². The molecule has 3 heteroatoms. The number of benzene rings is 2. The molecule has 3 aliphatic rings. The Morgan fingerprint density at radius 1 is 1.12 bits per heavy atom. The Morgan fingerprint density at radius 3 is 2.69 bits per heavy atom. The lowest BCUT2D eigenvalue weighted by Gasteiger charge is -2.40. The van der Waals surface area contributed by atoms with Gasteiger partial charge in [-0.2, -0.15) is 0 Å². The van der Waals surface area contributed by atoms with E-state index in [1.807, 2.05) is 6.92 Å². The fraction of sp³-hybridized carbons (Fsp3) is 0.435. The second-order valence-electron chi connectivity index (χ2n) is 7.40. The zero-order valence-corrected chi connectivity index (χ0v) is 15.5. The van der Waals surface area contributed by atoms with Crippen molar-refractivity contribution in [3.63, 3.8) is 0 Å². The van der Waals surface area contributed by atoms with Crippen LogP contribution in [0, 0.1) is 5.92 Å². The van der Waals surface area contributed by atoms with Crippen molar-refractivity contribution in [2.75, 3.05) is 13.2 Å². The van der Waals surface area contributed by atoms with Crippen molar-refractivity contribution in [3.05, 3.63) is 59.2 Å². The van der Waals surface area contributed by atoms with Gasteiger partial charge in [-0.1, -0.05) is 48.0 Å². The van der Waals surface area contributed by atoms with Crippen LogP contribution in [0.5, 0.6) is 0 Å². The summed E-state index contributed by atoms with van der Waals surface area (Å²) < 4.78 is 5.35. The van der Waals surface area contributed by atoms with Crippen molar-refractivity contribution in [3.8, 4) is 0 Å². The number of carbonyl (C=O) groups is 1. The van der Waals surface area contributed by atoms with Gasteiger partial charge in [0, 0.05) is 6.04 Å². The summed E-state index contributed by atoms with van der Waals surface area (Å²) >= 11 is 0. The molecule has 2 aromatic rings. The first-order chi connectivity index (χ1) is 12.8. The van der Waals surface area contributed by atoms with E-state index in [0.29, 0.717) is 12.5 Å². The minimum Gasteiger partial charge on any atom is -0.463 e. The minimum atomic E-state index is -0.102. The third kappa shape index (κ3) is 3.28. The van der Waals surface area contributed by atoms with Gasteiger partial charge in [0.15, 0.2) is 0 Å². The molecule has 26 heavy (non-hydrogen) atoms. The summed E-state index contributed by atoms with van der Waals surface area (Å²) in [7, 11) is 0. The second-order valence-corrected chi connectivity index (χ2v) is 7.40. The summed E-state index contributed by atoms with van der Waals surface area (Å²) in [4.78, 5) is 12.5. The van der Waals surface area contributed by atoms with Crippen LogP contribution in [0.1, 0.15) is 38.2 Å². The molecule has 1 fully saturated rings. The number of esters is 1. The predicted molar refractivity (Wildman–Crippen MR) is 105 cm³/mol. The average molecular weight is 349 g/mol. The third-order valence-corrected chi connectivity index (χ3v) is 5.93. The molecule has 1 atom stereocenters. The Hall–Kier alpha value is -2.13. The molecule has 0 aromatic heterocycles. The van der Waals surface area contributed by atoms with Crippen LogP contribution in [0.3, 0.4) is 0 Å². The van der Waals surface area contributed by atoms with Crippen molar-refractivity contribution < 1.29 is 9.53 Å². The second kappa shape index (κ2) is 7.63. The van der Waals surface area contributed by atoms with Gasteiger partial charge in [-0.3, -0.25) is 0 Å². The fourth-order valence-corrected chi connectivity index (χ4v) is 4.67. The molecular weight excluding hydrogens is 322 g/mol. The summed E-state index contributed by atoms with van der Waals surface area (Å²) in [5.74, 6) is 0.467. The molecule has 1 saturated carbocycles. The normalized spacial score (nSPS) is 22.0. The maximum absolute atomic E-state index is 12.5. The summed E-state index contributed by atoms with van der Waals surface area (Å²) in [5, 5.41) is 6.31. The van der Waals surface area contributed by atoms with Crippen molar-refractivity contribution >= 4 is 16.7 Å². The molecule has 1 N–H and O–H groups in total. The van der Waals surface area contributed by atoms with Crippen molar-refractivity contribution in [1.82, 2.24) is 5.32 Å². The average Bonchev–Trinajstić information content (AvgIpc) is 2.69. The van der Waals surface area contributed by atoms with E-state index in [1.54, 1.807) is 0 Å². The van der Waals surface area contributed by atoms with E-state index < -0.39 is 0 Å². The van der Waals surface area contributed by atoms with Crippen LogP contribution in [-0.4, -0.2) is 25.2 Å². The van der Waals surface area contributed by atoms with E-state index in [-0.39, 0.29) is 12.0 Å². The van der Waals surface area contributed by atoms with Crippen molar-refractivity contribution in [2.24, 2.45) is 5.92 Å². The highest BCUT2D eigenvalue weighted by Gasteiger charge is 2.39. The van der Waals surface area contributed by atoms with Gasteiger partial charge in [0.25, 0.3) is 0 Å². The van der Waals surface area contributed by atoms with Crippen LogP contribution in [-0.2, 0) is 16.0 Å². The number of ether oxygens (including phenoxy) is 1. The number of nitrogens with one attached hydrogen (secondary N) is 1. The molecule has 5 rings (SSSR count). The van der Waals surface area contributed by atoms with Gasteiger partial charge in [0.1, 0.15) is 0 Å². The lowest BCUT2D eigenvalue weighted by molar-refractivity contribution is -0.139. The van der Waals surface area contributed by atoms with Crippen LogP contribution in [0.2, 0.25) is 0 Å². The number of hydrogen-bond donors (Lipinski definition) is 1. The Kier molecular flexibility index (Phi) is 5.07. The van der Waals surface area contributed by atoms with Crippen LogP contribution in [0.15, 0.2) is 53.6 Å². The maximum atomic E-state index is 12.5. The molecule has 0 aliphatic heterocycles. The highest BCUT2D eigenvalue weighted by molar-refractivity contribution is 5.91. The largest absolute Gasteiger partial charge is 0.463 e. The SMILES string of the molecule is CCOC(=O)C1=C2CCC(CC2)[C@@H]1NCCc1cccc2ccccc12. The Labute approximate surface area is 155 Å². The summed E-state index contributed by atoms with van der Waals surface area (Å²) in [6, 6.07) is 15.2. The zero-order valence-electron chi connectivity index (χ0n) is 15.5. The van der Waals surface area contributed by atoms with Gasteiger partial charge in [-0.15, -0.1) is 0 Å². The number of fused-ring (bicyclic) bond motifs is 4. The lowest BCUT2D eigenvalue weighted by Crippen LogP contribution is -2.46. The lowest BCUT2D eigenvalue weighted by atomic mass is 9.70. The molecule has 0 heterocycles. The van der Waals surface area contributed by atoms with Crippen LogP contribution < -0.4 is 5.32 Å². The van der Waals surface area contributed by atoms with Gasteiger partial charge >= 0.3 is 5.97 Å². The zero-order chi connectivity index (χ0) is 17.9. The molecule has 3 aliphatic carbocycles. The predicted octanol–water partition coefficient (Wildman–Crippen LogP) is 4.40. The number of hydrogen-bond acceptors (Lipinski definition) is 3. The van der Waals surface area contributed by atoms with Crippen molar-refractivity contribution in [2.45, 2.75) is 45.1 Å². The van der Waals surface area contributed by atoms with Gasteiger partial charge in [0.05, 0.1) is 12.2 Å². The first kappa shape index (κ1) is 17.3. The van der Waals surface area contributed by atoms with E-state index in [0.717, 1.165) is 31.4 Å². The maximum Gasteiger partial charge on any atom is 0.335 e. The molecule has 3 nitrogen and oxygen atoms in total. The van der Waals surface area contributed by atoms with Gasteiger partial charge in [0.2, 0.25) is 0 Å². The Balaban J connectivity index is 1.48. The molecule has 0 radical (unpaired) electrons. The van der Waals surface area contributed by atoms with Crippen LogP contribution in [0.25, 0.3) is 10.8 Å². The molecular formula is C23H27NO2.